The van der Waals surface area contributed by atoms with Gasteiger partial charge in [0.25, 0.3) is 5.91 Å². The smallest absolute Gasteiger partial charge is 0.272 e. The highest BCUT2D eigenvalue weighted by molar-refractivity contribution is 5.92. The van der Waals surface area contributed by atoms with Gasteiger partial charge in [0.1, 0.15) is 0 Å². The normalized spacial score (nSPS) is 18.4. The Balaban J connectivity index is 1.32. The highest BCUT2D eigenvalue weighted by Gasteiger charge is 2.18. The first-order chi connectivity index (χ1) is 14.2. The molecule has 2 fully saturated rings. The minimum absolute atomic E-state index is 0.132. The molecule has 0 radical (unpaired) electrons. The zero-order valence-electron chi connectivity index (χ0n) is 17.1. The van der Waals surface area contributed by atoms with Crippen LogP contribution in [0.4, 0.5) is 17.2 Å². The molecule has 1 aliphatic carbocycles. The lowest BCUT2D eigenvalue weighted by Gasteiger charge is -2.34. The summed E-state index contributed by atoms with van der Waals surface area (Å²) in [6, 6.07) is 12.2. The monoisotopic (exact) mass is 394 g/mol. The number of anilines is 3. The minimum atomic E-state index is -0.132. The van der Waals surface area contributed by atoms with Gasteiger partial charge in [-0.25, -0.2) is 0 Å². The summed E-state index contributed by atoms with van der Waals surface area (Å²) in [5, 5.41) is 14.6. The van der Waals surface area contributed by atoms with Crippen LogP contribution in [0.2, 0.25) is 0 Å². The van der Waals surface area contributed by atoms with Gasteiger partial charge in [-0.15, -0.1) is 10.2 Å². The highest BCUT2D eigenvalue weighted by atomic mass is 16.2. The molecular weight excluding hydrogens is 364 g/mol. The number of nitrogens with one attached hydrogen (secondary N) is 2. The van der Waals surface area contributed by atoms with Crippen LogP contribution in [0.15, 0.2) is 36.4 Å². The third-order valence-electron chi connectivity index (χ3n) is 5.85. The second-order valence-corrected chi connectivity index (χ2v) is 8.07. The van der Waals surface area contributed by atoms with Crippen LogP contribution >= 0.6 is 0 Å². The second-order valence-electron chi connectivity index (χ2n) is 8.07. The number of rotatable bonds is 5. The third kappa shape index (κ3) is 5.23. The van der Waals surface area contributed by atoms with Crippen molar-refractivity contribution in [2.24, 2.45) is 0 Å². The molecule has 154 valence electrons. The van der Waals surface area contributed by atoms with Crippen LogP contribution in [0.1, 0.15) is 42.6 Å². The topological polar surface area (TPSA) is 73.4 Å². The van der Waals surface area contributed by atoms with E-state index in [1.807, 2.05) is 0 Å². The molecule has 1 aromatic carbocycles. The van der Waals surface area contributed by atoms with Crippen molar-refractivity contribution in [3.05, 3.63) is 42.1 Å². The van der Waals surface area contributed by atoms with E-state index in [1.54, 1.807) is 12.1 Å². The van der Waals surface area contributed by atoms with Crippen molar-refractivity contribution in [3.8, 4) is 0 Å². The van der Waals surface area contributed by atoms with Crippen molar-refractivity contribution in [2.75, 3.05) is 43.4 Å². The summed E-state index contributed by atoms with van der Waals surface area (Å²) in [6.07, 6.45) is 5.76. The Kier molecular flexibility index (Phi) is 6.24. The van der Waals surface area contributed by atoms with Gasteiger partial charge in [-0.1, -0.05) is 19.3 Å². The standard InChI is InChI=1S/C22H30N6O/c1-27-13-15-28(16-14-27)19-9-7-18(8-10-19)23-21-12-11-20(25-26-21)22(29)24-17-5-3-2-4-6-17/h7-12,17H,2-6,13-16H2,1H3,(H,23,26)(H,24,29). The summed E-state index contributed by atoms with van der Waals surface area (Å²) in [5.74, 6) is 0.499. The summed E-state index contributed by atoms with van der Waals surface area (Å²) >= 11 is 0. The highest BCUT2D eigenvalue weighted by Crippen LogP contribution is 2.21. The molecular formula is C22H30N6O. The van der Waals surface area contributed by atoms with Crippen LogP contribution < -0.4 is 15.5 Å². The van der Waals surface area contributed by atoms with Crippen LogP contribution in [0, 0.1) is 0 Å². The van der Waals surface area contributed by atoms with Crippen molar-refractivity contribution in [1.29, 1.82) is 0 Å². The van der Waals surface area contributed by atoms with Crippen LogP contribution in [0.3, 0.4) is 0 Å². The number of piperazine rings is 1. The quantitative estimate of drug-likeness (QED) is 0.812. The predicted molar refractivity (Wildman–Crippen MR) is 116 cm³/mol. The summed E-state index contributed by atoms with van der Waals surface area (Å²) in [4.78, 5) is 17.1. The Morgan fingerprint density at radius 3 is 2.31 bits per heavy atom. The number of hydrogen-bond donors (Lipinski definition) is 2. The SMILES string of the molecule is CN1CCN(c2ccc(Nc3ccc(C(=O)NC4CCCCC4)nn3)cc2)CC1. The van der Waals surface area contributed by atoms with E-state index in [-0.39, 0.29) is 11.9 Å². The summed E-state index contributed by atoms with van der Waals surface area (Å²) in [5.41, 5.74) is 2.56. The number of carbonyl (C=O) groups is 1. The molecule has 0 bridgehead atoms. The van der Waals surface area contributed by atoms with E-state index in [2.05, 4.69) is 61.9 Å². The molecule has 0 unspecified atom stereocenters. The van der Waals surface area contributed by atoms with Crippen molar-refractivity contribution < 1.29 is 4.79 Å². The first kappa shape index (κ1) is 19.6. The fourth-order valence-electron chi connectivity index (χ4n) is 3.99. The van der Waals surface area contributed by atoms with Gasteiger partial charge >= 0.3 is 0 Å². The predicted octanol–water partition coefficient (Wildman–Crippen LogP) is 3.03. The van der Waals surface area contributed by atoms with Gasteiger partial charge in [0.15, 0.2) is 11.5 Å². The molecule has 4 rings (SSSR count). The lowest BCUT2D eigenvalue weighted by molar-refractivity contribution is 0.0921. The number of likely N-dealkylation sites (N-methyl/N-ethyl adjacent to an activating group) is 1. The Morgan fingerprint density at radius 1 is 0.931 bits per heavy atom. The molecule has 2 heterocycles. The van der Waals surface area contributed by atoms with E-state index in [1.165, 1.54) is 24.9 Å². The van der Waals surface area contributed by atoms with Crippen molar-refractivity contribution >= 4 is 23.1 Å². The van der Waals surface area contributed by atoms with Gasteiger partial charge in [0.2, 0.25) is 0 Å². The number of aromatic nitrogens is 2. The Labute approximate surface area is 172 Å². The molecule has 7 heteroatoms. The van der Waals surface area contributed by atoms with Gasteiger partial charge in [0.05, 0.1) is 0 Å². The van der Waals surface area contributed by atoms with Gasteiger partial charge in [-0.3, -0.25) is 4.79 Å². The zero-order chi connectivity index (χ0) is 20.1. The summed E-state index contributed by atoms with van der Waals surface area (Å²) in [6.45, 7) is 4.30. The van der Waals surface area contributed by atoms with Gasteiger partial charge in [-0.2, -0.15) is 0 Å². The second kappa shape index (κ2) is 9.22. The molecule has 1 saturated heterocycles. The fraction of sp³-hybridized carbons (Fsp3) is 0.500. The van der Waals surface area contributed by atoms with Crippen LogP contribution in [0.25, 0.3) is 0 Å². The molecule has 0 atom stereocenters. The maximum Gasteiger partial charge on any atom is 0.272 e. The molecule has 1 amide bonds. The molecule has 29 heavy (non-hydrogen) atoms. The Bertz CT molecular complexity index is 793. The van der Waals surface area contributed by atoms with Crippen molar-refractivity contribution in [3.63, 3.8) is 0 Å². The zero-order valence-corrected chi connectivity index (χ0v) is 17.1. The molecule has 2 N–H and O–H groups in total. The maximum absolute atomic E-state index is 12.3. The lowest BCUT2D eigenvalue weighted by Crippen LogP contribution is -2.44. The van der Waals surface area contributed by atoms with Gasteiger partial charge in [-0.05, 0) is 56.3 Å². The van der Waals surface area contributed by atoms with Gasteiger partial charge < -0.3 is 20.4 Å². The van der Waals surface area contributed by atoms with Gasteiger partial charge in [0, 0.05) is 43.6 Å². The number of nitrogens with zero attached hydrogens (tertiary/aromatic N) is 4. The summed E-state index contributed by atoms with van der Waals surface area (Å²) < 4.78 is 0. The fourth-order valence-corrected chi connectivity index (χ4v) is 3.99. The number of benzene rings is 1. The van der Waals surface area contributed by atoms with Crippen LogP contribution in [-0.2, 0) is 0 Å². The van der Waals surface area contributed by atoms with E-state index < -0.39 is 0 Å². The molecule has 7 nitrogen and oxygen atoms in total. The number of amides is 1. The first-order valence-corrected chi connectivity index (χ1v) is 10.6. The number of carbonyl (C=O) groups excluding carboxylic acids is 1. The molecule has 1 aromatic heterocycles. The first-order valence-electron chi connectivity index (χ1n) is 10.6. The number of hydrogen-bond acceptors (Lipinski definition) is 6. The van der Waals surface area contributed by atoms with Crippen LogP contribution in [-0.4, -0.2) is 60.3 Å². The average molecular weight is 395 g/mol. The largest absolute Gasteiger partial charge is 0.369 e. The van der Waals surface area contributed by atoms with Crippen molar-refractivity contribution in [1.82, 2.24) is 20.4 Å². The molecule has 2 aliphatic rings. The Morgan fingerprint density at radius 2 is 1.66 bits per heavy atom. The van der Waals surface area contributed by atoms with Crippen molar-refractivity contribution in [2.45, 2.75) is 38.1 Å². The van der Waals surface area contributed by atoms with E-state index in [4.69, 9.17) is 0 Å². The molecule has 2 aromatic rings. The van der Waals surface area contributed by atoms with E-state index in [9.17, 15) is 4.79 Å². The summed E-state index contributed by atoms with van der Waals surface area (Å²) in [7, 11) is 2.16. The van der Waals surface area contributed by atoms with E-state index in [0.29, 0.717) is 11.5 Å². The molecule has 1 aliphatic heterocycles. The maximum atomic E-state index is 12.3. The van der Waals surface area contributed by atoms with E-state index >= 15 is 0 Å². The molecule has 0 spiro atoms. The lowest BCUT2D eigenvalue weighted by atomic mass is 9.95. The van der Waals surface area contributed by atoms with Crippen LogP contribution in [0.5, 0.6) is 0 Å². The average Bonchev–Trinajstić information content (AvgIpc) is 2.76. The molecule has 1 saturated carbocycles. The van der Waals surface area contributed by atoms with E-state index in [0.717, 1.165) is 44.7 Å². The third-order valence-corrected chi connectivity index (χ3v) is 5.85. The minimum Gasteiger partial charge on any atom is -0.369 e. The Hall–Kier alpha value is -2.67.